The Morgan fingerprint density at radius 1 is 0.652 bits per heavy atom. The van der Waals surface area contributed by atoms with Gasteiger partial charge in [0, 0.05) is 19.8 Å². The zero-order valence-electron chi connectivity index (χ0n) is 15.2. The summed E-state index contributed by atoms with van der Waals surface area (Å²) < 4.78 is 5.40. The van der Waals surface area contributed by atoms with Gasteiger partial charge in [0.1, 0.15) is 0 Å². The molecule has 2 heteroatoms. The predicted molar refractivity (Wildman–Crippen MR) is 102 cm³/mol. The SMILES string of the molecule is CCCCC/C=C\C/C=C\C/C=C\CCCCCOCCCO. The largest absolute Gasteiger partial charge is 0.396 e. The van der Waals surface area contributed by atoms with Crippen molar-refractivity contribution in [2.45, 2.75) is 77.6 Å². The van der Waals surface area contributed by atoms with Gasteiger partial charge in [0.25, 0.3) is 0 Å². The van der Waals surface area contributed by atoms with Crippen molar-refractivity contribution in [3.63, 3.8) is 0 Å². The van der Waals surface area contributed by atoms with E-state index in [0.717, 1.165) is 32.3 Å². The Labute approximate surface area is 144 Å². The van der Waals surface area contributed by atoms with Gasteiger partial charge in [0.15, 0.2) is 0 Å². The third-order valence-electron chi connectivity index (χ3n) is 3.62. The van der Waals surface area contributed by atoms with Gasteiger partial charge in [-0.2, -0.15) is 0 Å². The summed E-state index contributed by atoms with van der Waals surface area (Å²) in [5.74, 6) is 0. The number of ether oxygens (including phenoxy) is 1. The van der Waals surface area contributed by atoms with Crippen LogP contribution in [0, 0.1) is 0 Å². The lowest BCUT2D eigenvalue weighted by Crippen LogP contribution is -1.98. The molecular weight excluding hydrogens is 284 g/mol. The van der Waals surface area contributed by atoms with Crippen LogP contribution in [0.5, 0.6) is 0 Å². The molecule has 0 aliphatic carbocycles. The standard InChI is InChI=1S/C21H38O2/c1-2-3-4-5-6-7-8-9-10-11-12-13-14-15-16-17-20-23-21-18-19-22/h6-7,9-10,12-13,22H,2-5,8,11,14-21H2,1H3/b7-6-,10-9-,13-12-. The fourth-order valence-corrected chi connectivity index (χ4v) is 2.20. The van der Waals surface area contributed by atoms with E-state index in [4.69, 9.17) is 9.84 Å². The highest BCUT2D eigenvalue weighted by Crippen LogP contribution is 2.03. The molecule has 0 aromatic heterocycles. The molecule has 0 heterocycles. The van der Waals surface area contributed by atoms with Crippen LogP contribution in [0.1, 0.15) is 77.6 Å². The van der Waals surface area contributed by atoms with E-state index in [1.54, 1.807) is 0 Å². The van der Waals surface area contributed by atoms with Crippen molar-refractivity contribution in [2.24, 2.45) is 0 Å². The summed E-state index contributed by atoms with van der Waals surface area (Å²) in [5, 5.41) is 8.61. The first-order valence-corrected chi connectivity index (χ1v) is 9.55. The van der Waals surface area contributed by atoms with Gasteiger partial charge in [-0.05, 0) is 51.4 Å². The summed E-state index contributed by atoms with van der Waals surface area (Å²) >= 11 is 0. The number of allylic oxidation sites excluding steroid dienone is 6. The molecule has 1 N–H and O–H groups in total. The highest BCUT2D eigenvalue weighted by Gasteiger charge is 1.89. The second kappa shape index (κ2) is 21.1. The van der Waals surface area contributed by atoms with E-state index in [0.29, 0.717) is 6.61 Å². The highest BCUT2D eigenvalue weighted by molar-refractivity contribution is 4.97. The molecule has 2 nitrogen and oxygen atoms in total. The third kappa shape index (κ3) is 21.1. The van der Waals surface area contributed by atoms with Crippen LogP contribution in [-0.4, -0.2) is 24.9 Å². The normalized spacial score (nSPS) is 12.3. The fourth-order valence-electron chi connectivity index (χ4n) is 2.20. The average Bonchev–Trinajstić information content (AvgIpc) is 2.57. The van der Waals surface area contributed by atoms with Gasteiger partial charge in [-0.15, -0.1) is 0 Å². The monoisotopic (exact) mass is 322 g/mol. The lowest BCUT2D eigenvalue weighted by atomic mass is 10.2. The molecule has 23 heavy (non-hydrogen) atoms. The van der Waals surface area contributed by atoms with E-state index in [2.05, 4.69) is 43.4 Å². The van der Waals surface area contributed by atoms with Gasteiger partial charge < -0.3 is 9.84 Å². The van der Waals surface area contributed by atoms with Gasteiger partial charge in [-0.25, -0.2) is 0 Å². The lowest BCUT2D eigenvalue weighted by molar-refractivity contribution is 0.113. The molecule has 0 bridgehead atoms. The molecule has 0 unspecified atom stereocenters. The number of hydrogen-bond acceptors (Lipinski definition) is 2. The summed E-state index contributed by atoms with van der Waals surface area (Å²) in [6.07, 6.45) is 26.5. The maximum Gasteiger partial charge on any atom is 0.0487 e. The summed E-state index contributed by atoms with van der Waals surface area (Å²) in [5.41, 5.74) is 0. The second-order valence-corrected chi connectivity index (χ2v) is 5.92. The van der Waals surface area contributed by atoms with Gasteiger partial charge in [0.05, 0.1) is 0 Å². The summed E-state index contributed by atoms with van der Waals surface area (Å²) in [6.45, 7) is 4.00. The molecule has 0 saturated heterocycles. The Kier molecular flexibility index (Phi) is 20.3. The van der Waals surface area contributed by atoms with Crippen LogP contribution in [-0.2, 0) is 4.74 Å². The van der Waals surface area contributed by atoms with Crippen LogP contribution in [0.2, 0.25) is 0 Å². The third-order valence-corrected chi connectivity index (χ3v) is 3.62. The van der Waals surface area contributed by atoms with Crippen LogP contribution in [0.25, 0.3) is 0 Å². The Morgan fingerprint density at radius 2 is 1.22 bits per heavy atom. The molecule has 0 aromatic carbocycles. The molecule has 0 spiro atoms. The van der Waals surface area contributed by atoms with E-state index in [1.807, 2.05) is 0 Å². The van der Waals surface area contributed by atoms with Crippen LogP contribution in [0.15, 0.2) is 36.5 Å². The first-order valence-electron chi connectivity index (χ1n) is 9.55. The molecule has 0 amide bonds. The van der Waals surface area contributed by atoms with Crippen molar-refractivity contribution in [1.29, 1.82) is 0 Å². The van der Waals surface area contributed by atoms with Crippen molar-refractivity contribution >= 4 is 0 Å². The zero-order valence-corrected chi connectivity index (χ0v) is 15.2. The van der Waals surface area contributed by atoms with E-state index in [9.17, 15) is 0 Å². The van der Waals surface area contributed by atoms with E-state index < -0.39 is 0 Å². The molecule has 0 aliphatic heterocycles. The Morgan fingerprint density at radius 3 is 1.83 bits per heavy atom. The summed E-state index contributed by atoms with van der Waals surface area (Å²) in [4.78, 5) is 0. The average molecular weight is 323 g/mol. The van der Waals surface area contributed by atoms with Crippen molar-refractivity contribution in [3.05, 3.63) is 36.5 Å². The van der Waals surface area contributed by atoms with Crippen LogP contribution >= 0.6 is 0 Å². The van der Waals surface area contributed by atoms with Gasteiger partial charge in [-0.1, -0.05) is 62.6 Å². The van der Waals surface area contributed by atoms with Crippen LogP contribution < -0.4 is 0 Å². The minimum Gasteiger partial charge on any atom is -0.396 e. The Balaban J connectivity index is 3.23. The number of aliphatic hydroxyl groups is 1. The topological polar surface area (TPSA) is 29.5 Å². The number of rotatable bonds is 17. The van der Waals surface area contributed by atoms with Crippen molar-refractivity contribution in [1.82, 2.24) is 0 Å². The van der Waals surface area contributed by atoms with Crippen LogP contribution in [0.3, 0.4) is 0 Å². The summed E-state index contributed by atoms with van der Waals surface area (Å²) in [7, 11) is 0. The van der Waals surface area contributed by atoms with Gasteiger partial charge in [0.2, 0.25) is 0 Å². The van der Waals surface area contributed by atoms with Crippen molar-refractivity contribution in [3.8, 4) is 0 Å². The lowest BCUT2D eigenvalue weighted by Gasteiger charge is -2.01. The first-order chi connectivity index (χ1) is 11.4. The van der Waals surface area contributed by atoms with E-state index in [1.165, 1.54) is 44.9 Å². The molecule has 0 rings (SSSR count). The Hall–Kier alpha value is -0.860. The molecule has 0 radical (unpaired) electrons. The smallest absolute Gasteiger partial charge is 0.0487 e. The molecule has 134 valence electrons. The summed E-state index contributed by atoms with van der Waals surface area (Å²) in [6, 6.07) is 0. The van der Waals surface area contributed by atoms with Gasteiger partial charge >= 0.3 is 0 Å². The number of hydrogen-bond donors (Lipinski definition) is 1. The first kappa shape index (κ1) is 22.1. The van der Waals surface area contributed by atoms with Crippen LogP contribution in [0.4, 0.5) is 0 Å². The van der Waals surface area contributed by atoms with Crippen molar-refractivity contribution in [2.75, 3.05) is 19.8 Å². The predicted octanol–water partition coefficient (Wildman–Crippen LogP) is 5.97. The molecule has 0 aromatic rings. The zero-order chi connectivity index (χ0) is 16.8. The maximum absolute atomic E-state index is 8.61. The minimum absolute atomic E-state index is 0.231. The Bertz CT molecular complexity index is 292. The van der Waals surface area contributed by atoms with Crippen molar-refractivity contribution < 1.29 is 9.84 Å². The molecule has 0 aliphatic rings. The highest BCUT2D eigenvalue weighted by atomic mass is 16.5. The maximum atomic E-state index is 8.61. The molecular formula is C21H38O2. The molecule has 0 fully saturated rings. The van der Waals surface area contributed by atoms with E-state index in [-0.39, 0.29) is 6.61 Å². The molecule has 0 saturated carbocycles. The quantitative estimate of drug-likeness (QED) is 0.264. The minimum atomic E-state index is 0.231. The number of aliphatic hydroxyl groups excluding tert-OH is 1. The van der Waals surface area contributed by atoms with Gasteiger partial charge in [-0.3, -0.25) is 0 Å². The fraction of sp³-hybridized carbons (Fsp3) is 0.714. The second-order valence-electron chi connectivity index (χ2n) is 5.92. The number of unbranched alkanes of at least 4 members (excludes halogenated alkanes) is 6. The van der Waals surface area contributed by atoms with E-state index >= 15 is 0 Å². The molecule has 0 atom stereocenters.